The minimum atomic E-state index is -0.273. The molecule has 0 unspecified atom stereocenters. The average Bonchev–Trinajstić information content (AvgIpc) is 2.71. The van der Waals surface area contributed by atoms with E-state index < -0.39 is 0 Å². The van der Waals surface area contributed by atoms with Crippen molar-refractivity contribution >= 4 is 12.0 Å². The molecule has 0 spiro atoms. The van der Waals surface area contributed by atoms with E-state index in [1.807, 2.05) is 24.8 Å². The van der Waals surface area contributed by atoms with Gasteiger partial charge < -0.3 is 4.90 Å². The van der Waals surface area contributed by atoms with Gasteiger partial charge in [-0.15, -0.1) is 0 Å². The molecule has 1 saturated heterocycles. The molecule has 5 heteroatoms. The molecule has 2 heterocycles. The molecular weight excluding hydrogens is 281 g/mol. The fraction of sp³-hybridized carbons (Fsp3) is 0.294. The summed E-state index contributed by atoms with van der Waals surface area (Å²) in [6.07, 6.45) is 4.50. The Morgan fingerprint density at radius 2 is 1.91 bits per heavy atom. The molecule has 114 valence electrons. The number of amides is 1. The number of benzene rings is 1. The lowest BCUT2D eigenvalue weighted by molar-refractivity contribution is -0.129. The molecule has 22 heavy (non-hydrogen) atoms. The number of aryl methyl sites for hydroxylation is 1. The molecule has 4 nitrogen and oxygen atoms in total. The van der Waals surface area contributed by atoms with Gasteiger partial charge in [0.05, 0.1) is 11.4 Å². The van der Waals surface area contributed by atoms with Crippen LogP contribution in [0.25, 0.3) is 11.8 Å². The van der Waals surface area contributed by atoms with Gasteiger partial charge in [0.2, 0.25) is 5.91 Å². The highest BCUT2D eigenvalue weighted by molar-refractivity contribution is 5.92. The lowest BCUT2D eigenvalue weighted by atomic mass is 10.1. The van der Waals surface area contributed by atoms with Crippen LogP contribution in [0, 0.1) is 19.7 Å². The van der Waals surface area contributed by atoms with Crippen LogP contribution in [0.15, 0.2) is 30.3 Å². The summed E-state index contributed by atoms with van der Waals surface area (Å²) in [5, 5.41) is 4.49. The number of likely N-dealkylation sites (tertiary alicyclic amines) is 1. The normalized spacial score (nSPS) is 14.4. The molecule has 0 N–H and O–H groups in total. The van der Waals surface area contributed by atoms with Crippen molar-refractivity contribution in [2.24, 2.45) is 0 Å². The Bertz CT molecular complexity index is 727. The zero-order valence-electron chi connectivity index (χ0n) is 12.7. The number of carbonyl (C=O) groups is 1. The molecule has 1 amide bonds. The van der Waals surface area contributed by atoms with E-state index in [9.17, 15) is 9.18 Å². The van der Waals surface area contributed by atoms with E-state index in [4.69, 9.17) is 0 Å². The van der Waals surface area contributed by atoms with Crippen LogP contribution < -0.4 is 0 Å². The molecule has 1 aliphatic rings. The summed E-state index contributed by atoms with van der Waals surface area (Å²) < 4.78 is 14.8. The SMILES string of the molecule is Cc1nn(-c2ccc(F)cc2)c(C)c1C=CC(=O)N1CCC1. The first-order valence-corrected chi connectivity index (χ1v) is 7.35. The zero-order chi connectivity index (χ0) is 15.7. The maximum Gasteiger partial charge on any atom is 0.246 e. The molecule has 3 rings (SSSR count). The second kappa shape index (κ2) is 5.75. The van der Waals surface area contributed by atoms with Gasteiger partial charge in [0.15, 0.2) is 0 Å². The van der Waals surface area contributed by atoms with Crippen LogP contribution in [-0.2, 0) is 4.79 Å². The van der Waals surface area contributed by atoms with Crippen LogP contribution in [0.5, 0.6) is 0 Å². The lowest BCUT2D eigenvalue weighted by Gasteiger charge is -2.29. The quantitative estimate of drug-likeness (QED) is 0.817. The van der Waals surface area contributed by atoms with Crippen molar-refractivity contribution in [3.8, 4) is 5.69 Å². The van der Waals surface area contributed by atoms with Crippen LogP contribution in [0.1, 0.15) is 23.4 Å². The predicted molar refractivity (Wildman–Crippen MR) is 83.2 cm³/mol. The van der Waals surface area contributed by atoms with Gasteiger partial charge in [-0.2, -0.15) is 5.10 Å². The van der Waals surface area contributed by atoms with Gasteiger partial charge in [-0.3, -0.25) is 4.79 Å². The van der Waals surface area contributed by atoms with Crippen molar-refractivity contribution in [1.82, 2.24) is 14.7 Å². The van der Waals surface area contributed by atoms with Crippen molar-refractivity contribution in [1.29, 1.82) is 0 Å². The average molecular weight is 299 g/mol. The standard InChI is InChI=1S/C17H18FN3O/c1-12-16(8-9-17(22)20-10-3-11-20)13(2)21(19-12)15-6-4-14(18)5-7-15/h4-9H,3,10-11H2,1-2H3. The highest BCUT2D eigenvalue weighted by atomic mass is 19.1. The van der Waals surface area contributed by atoms with E-state index in [2.05, 4.69) is 5.10 Å². The second-order valence-electron chi connectivity index (χ2n) is 5.48. The maximum atomic E-state index is 13.0. The number of aromatic nitrogens is 2. The van der Waals surface area contributed by atoms with Crippen molar-refractivity contribution in [3.63, 3.8) is 0 Å². The van der Waals surface area contributed by atoms with Gasteiger partial charge in [-0.1, -0.05) is 0 Å². The fourth-order valence-corrected chi connectivity index (χ4v) is 2.53. The van der Waals surface area contributed by atoms with Gasteiger partial charge >= 0.3 is 0 Å². The zero-order valence-corrected chi connectivity index (χ0v) is 12.7. The Morgan fingerprint density at radius 1 is 1.23 bits per heavy atom. The molecular formula is C17H18FN3O. The minimum Gasteiger partial charge on any atom is -0.339 e. The summed E-state index contributed by atoms with van der Waals surface area (Å²) in [5.74, 6) is -0.231. The number of carbonyl (C=O) groups excluding carboxylic acids is 1. The molecule has 0 atom stereocenters. The summed E-state index contributed by atoms with van der Waals surface area (Å²) in [5.41, 5.74) is 3.50. The molecule has 1 aromatic heterocycles. The van der Waals surface area contributed by atoms with Crippen molar-refractivity contribution in [3.05, 3.63) is 53.1 Å². The van der Waals surface area contributed by atoms with E-state index in [1.54, 1.807) is 22.9 Å². The Balaban J connectivity index is 1.88. The molecule has 1 fully saturated rings. The number of hydrogen-bond acceptors (Lipinski definition) is 2. The van der Waals surface area contributed by atoms with Gasteiger partial charge in [0.25, 0.3) is 0 Å². The minimum absolute atomic E-state index is 0.0413. The molecule has 0 bridgehead atoms. The lowest BCUT2D eigenvalue weighted by Crippen LogP contribution is -2.40. The van der Waals surface area contributed by atoms with E-state index in [1.165, 1.54) is 12.1 Å². The first-order valence-electron chi connectivity index (χ1n) is 7.35. The summed E-state index contributed by atoms with van der Waals surface area (Å²) in [6, 6.07) is 6.20. The molecule has 2 aromatic rings. The van der Waals surface area contributed by atoms with Gasteiger partial charge in [0, 0.05) is 30.4 Å². The number of rotatable bonds is 3. The van der Waals surface area contributed by atoms with Gasteiger partial charge in [0.1, 0.15) is 5.82 Å². The summed E-state index contributed by atoms with van der Waals surface area (Å²) in [6.45, 7) is 5.53. The third kappa shape index (κ3) is 2.66. The van der Waals surface area contributed by atoms with E-state index in [0.29, 0.717) is 0 Å². The summed E-state index contributed by atoms with van der Waals surface area (Å²) >= 11 is 0. The topological polar surface area (TPSA) is 38.1 Å². The van der Waals surface area contributed by atoms with Crippen LogP contribution in [-0.4, -0.2) is 33.7 Å². The third-order valence-corrected chi connectivity index (χ3v) is 3.98. The number of hydrogen-bond donors (Lipinski definition) is 0. The summed E-state index contributed by atoms with van der Waals surface area (Å²) in [4.78, 5) is 13.7. The van der Waals surface area contributed by atoms with Gasteiger partial charge in [-0.25, -0.2) is 9.07 Å². The smallest absolute Gasteiger partial charge is 0.246 e. The number of halogens is 1. The Kier molecular flexibility index (Phi) is 3.79. The van der Waals surface area contributed by atoms with E-state index in [0.717, 1.165) is 42.1 Å². The highest BCUT2D eigenvalue weighted by Gasteiger charge is 2.18. The summed E-state index contributed by atoms with van der Waals surface area (Å²) in [7, 11) is 0. The van der Waals surface area contributed by atoms with Crippen molar-refractivity contribution in [2.75, 3.05) is 13.1 Å². The largest absolute Gasteiger partial charge is 0.339 e. The molecule has 1 aromatic carbocycles. The van der Waals surface area contributed by atoms with E-state index in [-0.39, 0.29) is 11.7 Å². The molecule has 0 saturated carbocycles. The van der Waals surface area contributed by atoms with Crippen LogP contribution in [0.3, 0.4) is 0 Å². The Labute approximate surface area is 128 Å². The van der Waals surface area contributed by atoms with Gasteiger partial charge in [-0.05, 0) is 50.6 Å². The maximum absolute atomic E-state index is 13.0. The first kappa shape index (κ1) is 14.5. The van der Waals surface area contributed by atoms with Crippen LogP contribution >= 0.6 is 0 Å². The Morgan fingerprint density at radius 3 is 2.50 bits per heavy atom. The molecule has 0 aliphatic carbocycles. The van der Waals surface area contributed by atoms with Crippen LogP contribution in [0.4, 0.5) is 4.39 Å². The van der Waals surface area contributed by atoms with Crippen molar-refractivity contribution < 1.29 is 9.18 Å². The second-order valence-corrected chi connectivity index (χ2v) is 5.48. The third-order valence-electron chi connectivity index (χ3n) is 3.98. The van der Waals surface area contributed by atoms with E-state index >= 15 is 0 Å². The highest BCUT2D eigenvalue weighted by Crippen LogP contribution is 2.20. The fourth-order valence-electron chi connectivity index (χ4n) is 2.53. The first-order chi connectivity index (χ1) is 10.6. The Hall–Kier alpha value is -2.43. The molecule has 1 aliphatic heterocycles. The monoisotopic (exact) mass is 299 g/mol. The van der Waals surface area contributed by atoms with Crippen molar-refractivity contribution in [2.45, 2.75) is 20.3 Å². The number of nitrogens with zero attached hydrogens (tertiary/aromatic N) is 3. The molecule has 0 radical (unpaired) electrons. The van der Waals surface area contributed by atoms with Crippen LogP contribution in [0.2, 0.25) is 0 Å². The predicted octanol–water partition coefficient (Wildman–Crippen LogP) is 2.87.